The molecule has 3 aromatic carbocycles. The van der Waals surface area contributed by atoms with Crippen LogP contribution in [0.4, 0.5) is 5.69 Å². The lowest BCUT2D eigenvalue weighted by Gasteiger charge is -2.42. The molecule has 1 atom stereocenters. The van der Waals surface area contributed by atoms with E-state index >= 15 is 0 Å². The highest BCUT2D eigenvalue weighted by molar-refractivity contribution is 6.02. The number of phenolic OH excluding ortho intramolecular Hbond substituents is 1. The second-order valence-corrected chi connectivity index (χ2v) is 12.1. The van der Waals surface area contributed by atoms with Gasteiger partial charge < -0.3 is 19.9 Å². The van der Waals surface area contributed by atoms with Gasteiger partial charge in [-0.2, -0.15) is 0 Å². The summed E-state index contributed by atoms with van der Waals surface area (Å²) < 4.78 is 12.0. The van der Waals surface area contributed by atoms with Crippen molar-refractivity contribution in [1.29, 1.82) is 0 Å². The molecule has 1 heterocycles. The number of amides is 1. The van der Waals surface area contributed by atoms with Gasteiger partial charge in [-0.1, -0.05) is 45.9 Å². The number of methoxy groups -OCH3 is 1. The minimum Gasteiger partial charge on any atom is -0.508 e. The Labute approximate surface area is 225 Å². The minimum atomic E-state index is -0.354. The van der Waals surface area contributed by atoms with Crippen molar-refractivity contribution < 1.29 is 19.4 Å². The Kier molecular flexibility index (Phi) is 6.29. The smallest absolute Gasteiger partial charge is 0.248 e. The summed E-state index contributed by atoms with van der Waals surface area (Å²) in [6.45, 7) is 12.1. The van der Waals surface area contributed by atoms with Gasteiger partial charge in [0.25, 0.3) is 0 Å². The molecule has 5 heteroatoms. The molecule has 3 aromatic rings. The van der Waals surface area contributed by atoms with Gasteiger partial charge in [-0.3, -0.25) is 4.79 Å². The van der Waals surface area contributed by atoms with Crippen molar-refractivity contribution in [3.05, 3.63) is 88.5 Å². The first kappa shape index (κ1) is 25.9. The van der Waals surface area contributed by atoms with Crippen molar-refractivity contribution in [2.45, 2.75) is 63.7 Å². The van der Waals surface area contributed by atoms with Crippen molar-refractivity contribution in [3.63, 3.8) is 0 Å². The van der Waals surface area contributed by atoms with Crippen molar-refractivity contribution in [3.8, 4) is 17.2 Å². The van der Waals surface area contributed by atoms with Crippen LogP contribution in [-0.2, 0) is 21.0 Å². The van der Waals surface area contributed by atoms with Crippen molar-refractivity contribution >= 4 is 17.7 Å². The molecule has 1 aliphatic carbocycles. The predicted molar refractivity (Wildman–Crippen MR) is 152 cm³/mol. The first-order valence-corrected chi connectivity index (χ1v) is 13.2. The molecule has 1 unspecified atom stereocenters. The van der Waals surface area contributed by atoms with Crippen LogP contribution in [0.3, 0.4) is 0 Å². The fourth-order valence-electron chi connectivity index (χ4n) is 5.80. The Morgan fingerprint density at radius 3 is 2.29 bits per heavy atom. The Bertz CT molecular complexity index is 1420. The third-order valence-electron chi connectivity index (χ3n) is 8.45. The maximum absolute atomic E-state index is 12.5. The first-order chi connectivity index (χ1) is 17.9. The quantitative estimate of drug-likeness (QED) is 0.283. The summed E-state index contributed by atoms with van der Waals surface area (Å²) in [7, 11) is 1.64. The molecule has 1 aliphatic heterocycles. The van der Waals surface area contributed by atoms with Gasteiger partial charge in [-0.25, -0.2) is 0 Å². The van der Waals surface area contributed by atoms with Crippen LogP contribution in [0.15, 0.2) is 60.7 Å². The molecule has 2 N–H and O–H groups in total. The van der Waals surface area contributed by atoms with Crippen LogP contribution in [0.2, 0.25) is 0 Å². The fraction of sp³-hybridized carbons (Fsp3) is 0.364. The molecular weight excluding hydrogens is 474 g/mol. The highest BCUT2D eigenvalue weighted by atomic mass is 16.5. The summed E-state index contributed by atoms with van der Waals surface area (Å²) >= 11 is 0. The number of carbonyl (C=O) groups is 1. The standard InChI is InChI=1S/C33H37NO4/c1-31(2)15-16-32(3,4)26-19-22(8-13-25(26)31)33(5)20-38-30-27(33)17-21(18-28(30)37-6)7-14-29(36)34-23-9-11-24(35)12-10-23/h7-14,17-19,35H,15-16,20H2,1-6H3,(H,34,36)/b14-7-. The number of anilines is 1. The summed E-state index contributed by atoms with van der Waals surface area (Å²) in [5.41, 5.74) is 6.55. The number of hydrogen-bond acceptors (Lipinski definition) is 4. The first-order valence-electron chi connectivity index (χ1n) is 13.2. The number of carbonyl (C=O) groups excluding carboxylic acids is 1. The van der Waals surface area contributed by atoms with E-state index in [1.807, 2.05) is 6.07 Å². The summed E-state index contributed by atoms with van der Waals surface area (Å²) in [5, 5.41) is 12.3. The molecule has 5 rings (SSSR count). The highest BCUT2D eigenvalue weighted by Gasteiger charge is 2.43. The van der Waals surface area contributed by atoms with Gasteiger partial charge >= 0.3 is 0 Å². The van der Waals surface area contributed by atoms with E-state index in [-0.39, 0.29) is 27.9 Å². The molecule has 1 amide bonds. The van der Waals surface area contributed by atoms with E-state index in [1.54, 1.807) is 25.3 Å². The number of phenols is 1. The van der Waals surface area contributed by atoms with E-state index < -0.39 is 0 Å². The monoisotopic (exact) mass is 511 g/mol. The molecule has 0 spiro atoms. The molecule has 2 aliphatic rings. The molecular formula is C33H37NO4. The van der Waals surface area contributed by atoms with Gasteiger partial charge in [0.05, 0.1) is 12.5 Å². The molecule has 0 bridgehead atoms. The van der Waals surface area contributed by atoms with Gasteiger partial charge in [-0.15, -0.1) is 0 Å². The molecule has 0 radical (unpaired) electrons. The minimum absolute atomic E-state index is 0.118. The SMILES string of the molecule is COc1cc(/C=C\C(=O)Nc2ccc(O)cc2)cc2c1OCC2(C)c1ccc2c(c1)C(C)(C)CCC2(C)C. The lowest BCUT2D eigenvalue weighted by molar-refractivity contribution is -0.111. The second kappa shape index (κ2) is 9.23. The average molecular weight is 512 g/mol. The van der Waals surface area contributed by atoms with Gasteiger partial charge in [-0.05, 0) is 95.3 Å². The summed E-state index contributed by atoms with van der Waals surface area (Å²) in [6, 6.07) is 17.4. The maximum Gasteiger partial charge on any atom is 0.248 e. The maximum atomic E-state index is 12.5. The molecule has 38 heavy (non-hydrogen) atoms. The fourth-order valence-corrected chi connectivity index (χ4v) is 5.80. The second-order valence-electron chi connectivity index (χ2n) is 12.1. The lowest BCUT2D eigenvalue weighted by atomic mass is 9.62. The molecule has 0 saturated carbocycles. The van der Waals surface area contributed by atoms with Crippen LogP contribution < -0.4 is 14.8 Å². The molecule has 0 aromatic heterocycles. The third kappa shape index (κ3) is 4.55. The van der Waals surface area contributed by atoms with Crippen LogP contribution in [-0.4, -0.2) is 24.7 Å². The number of hydrogen-bond donors (Lipinski definition) is 2. The van der Waals surface area contributed by atoms with Crippen molar-refractivity contribution in [2.24, 2.45) is 0 Å². The van der Waals surface area contributed by atoms with Gasteiger partial charge in [0.15, 0.2) is 11.5 Å². The number of nitrogens with one attached hydrogen (secondary N) is 1. The van der Waals surface area contributed by atoms with Gasteiger partial charge in [0, 0.05) is 17.3 Å². The molecule has 0 saturated heterocycles. The van der Waals surface area contributed by atoms with Crippen LogP contribution in [0.25, 0.3) is 6.08 Å². The van der Waals surface area contributed by atoms with Crippen LogP contribution in [0.5, 0.6) is 17.2 Å². The van der Waals surface area contributed by atoms with Crippen LogP contribution >= 0.6 is 0 Å². The molecule has 5 nitrogen and oxygen atoms in total. The summed E-state index contributed by atoms with van der Waals surface area (Å²) in [6.07, 6.45) is 5.64. The third-order valence-corrected chi connectivity index (χ3v) is 8.45. The Hall–Kier alpha value is -3.73. The van der Waals surface area contributed by atoms with E-state index in [9.17, 15) is 9.90 Å². The van der Waals surface area contributed by atoms with E-state index in [0.717, 1.165) is 23.3 Å². The summed E-state index contributed by atoms with van der Waals surface area (Å²) in [4.78, 5) is 12.5. The number of ether oxygens (including phenoxy) is 2. The lowest BCUT2D eigenvalue weighted by Crippen LogP contribution is -2.35. The van der Waals surface area contributed by atoms with Crippen LogP contribution in [0.1, 0.15) is 75.3 Å². The van der Waals surface area contributed by atoms with E-state index in [4.69, 9.17) is 9.47 Å². The topological polar surface area (TPSA) is 67.8 Å². The van der Waals surface area contributed by atoms with E-state index in [0.29, 0.717) is 18.0 Å². The van der Waals surface area contributed by atoms with Crippen molar-refractivity contribution in [2.75, 3.05) is 19.0 Å². The molecule has 0 fully saturated rings. The van der Waals surface area contributed by atoms with Crippen molar-refractivity contribution in [1.82, 2.24) is 0 Å². The zero-order chi connectivity index (χ0) is 27.3. The Morgan fingerprint density at radius 2 is 1.61 bits per heavy atom. The van der Waals surface area contributed by atoms with E-state index in [2.05, 4.69) is 64.2 Å². The van der Waals surface area contributed by atoms with Gasteiger partial charge in [0.1, 0.15) is 12.4 Å². The zero-order valence-electron chi connectivity index (χ0n) is 23.1. The number of rotatable bonds is 5. The number of fused-ring (bicyclic) bond motifs is 2. The van der Waals surface area contributed by atoms with Crippen LogP contribution in [0, 0.1) is 0 Å². The normalized spacial score (nSPS) is 20.9. The Balaban J connectivity index is 1.49. The molecule has 198 valence electrons. The summed E-state index contributed by atoms with van der Waals surface area (Å²) in [5.74, 6) is 1.32. The number of benzene rings is 3. The van der Waals surface area contributed by atoms with Gasteiger partial charge in [0.2, 0.25) is 5.91 Å². The largest absolute Gasteiger partial charge is 0.508 e. The Morgan fingerprint density at radius 1 is 0.921 bits per heavy atom. The number of aromatic hydroxyl groups is 1. The average Bonchev–Trinajstić information content (AvgIpc) is 3.24. The zero-order valence-corrected chi connectivity index (χ0v) is 23.1. The predicted octanol–water partition coefficient (Wildman–Crippen LogP) is 7.10. The van der Waals surface area contributed by atoms with E-state index in [1.165, 1.54) is 41.3 Å². The highest BCUT2D eigenvalue weighted by Crippen LogP contribution is 2.51.